The molecule has 1 unspecified atom stereocenters. The first-order valence-corrected chi connectivity index (χ1v) is 16.7. The van der Waals surface area contributed by atoms with Crippen LogP contribution in [-0.2, 0) is 32.6 Å². The van der Waals surface area contributed by atoms with Crippen LogP contribution in [0.15, 0.2) is 108 Å². The van der Waals surface area contributed by atoms with Crippen LogP contribution in [0.5, 0.6) is 5.75 Å². The normalized spacial score (nSPS) is 11.8. The van der Waals surface area contributed by atoms with Gasteiger partial charge in [-0.3, -0.25) is 13.9 Å². The first-order valence-electron chi connectivity index (χ1n) is 14.5. The van der Waals surface area contributed by atoms with Crippen molar-refractivity contribution in [2.75, 3.05) is 24.0 Å². The third kappa shape index (κ3) is 8.78. The van der Waals surface area contributed by atoms with Crippen LogP contribution >= 0.6 is 23.2 Å². The highest BCUT2D eigenvalue weighted by Crippen LogP contribution is 2.28. The minimum atomic E-state index is -4.23. The van der Waals surface area contributed by atoms with E-state index in [1.807, 2.05) is 37.3 Å². The van der Waals surface area contributed by atoms with Gasteiger partial charge in [0.25, 0.3) is 10.0 Å². The van der Waals surface area contributed by atoms with E-state index in [-0.39, 0.29) is 23.8 Å². The summed E-state index contributed by atoms with van der Waals surface area (Å²) < 4.78 is 34.7. The highest BCUT2D eigenvalue weighted by atomic mass is 35.5. The van der Waals surface area contributed by atoms with Gasteiger partial charge in [-0.05, 0) is 73.5 Å². The summed E-state index contributed by atoms with van der Waals surface area (Å²) in [7, 11) is -4.23. The minimum absolute atomic E-state index is 0.0144. The summed E-state index contributed by atoms with van der Waals surface area (Å²) in [6, 6.07) is 27.6. The minimum Gasteiger partial charge on any atom is -0.494 e. The van der Waals surface area contributed by atoms with Crippen molar-refractivity contribution in [1.29, 1.82) is 0 Å². The van der Waals surface area contributed by atoms with E-state index in [2.05, 4.69) is 5.32 Å². The molecule has 0 saturated carbocycles. The van der Waals surface area contributed by atoms with E-state index >= 15 is 0 Å². The van der Waals surface area contributed by atoms with E-state index < -0.39 is 28.5 Å². The van der Waals surface area contributed by atoms with Gasteiger partial charge >= 0.3 is 0 Å². The topological polar surface area (TPSA) is 96.0 Å². The lowest BCUT2D eigenvalue weighted by Gasteiger charge is -2.34. The molecule has 0 saturated heterocycles. The smallest absolute Gasteiger partial charge is 0.264 e. The summed E-state index contributed by atoms with van der Waals surface area (Å²) in [6.07, 6.45) is 0.195. The molecule has 0 aliphatic carbocycles. The third-order valence-corrected chi connectivity index (χ3v) is 9.40. The molecule has 0 aliphatic heterocycles. The number of para-hydroxylation sites is 1. The Morgan fingerprint density at radius 3 is 2.11 bits per heavy atom. The fourth-order valence-electron chi connectivity index (χ4n) is 4.80. The van der Waals surface area contributed by atoms with Crippen LogP contribution in [0.25, 0.3) is 0 Å². The molecule has 0 radical (unpaired) electrons. The molecule has 1 atom stereocenters. The number of sulfonamides is 1. The molecule has 0 aromatic heterocycles. The van der Waals surface area contributed by atoms with Crippen molar-refractivity contribution in [2.45, 2.75) is 37.8 Å². The van der Waals surface area contributed by atoms with Gasteiger partial charge in [0.05, 0.1) is 17.2 Å². The molecule has 0 fully saturated rings. The van der Waals surface area contributed by atoms with E-state index in [0.717, 1.165) is 9.87 Å². The molecule has 1 N–H and O–H groups in total. The molecule has 4 rings (SSSR count). The molecule has 4 aromatic rings. The Kier molecular flexibility index (Phi) is 11.9. The summed E-state index contributed by atoms with van der Waals surface area (Å²) in [5.41, 5.74) is 1.68. The second kappa shape index (κ2) is 15.8. The van der Waals surface area contributed by atoms with E-state index in [1.54, 1.807) is 67.6 Å². The number of likely N-dealkylation sites (N-methyl/N-ethyl adjacent to an activating group) is 1. The number of halogens is 2. The number of carbonyl (C=O) groups is 2. The maximum Gasteiger partial charge on any atom is 0.264 e. The zero-order valence-electron chi connectivity index (χ0n) is 25.0. The first kappa shape index (κ1) is 33.8. The zero-order chi connectivity index (χ0) is 32.4. The second-order valence-electron chi connectivity index (χ2n) is 10.1. The van der Waals surface area contributed by atoms with Gasteiger partial charge in [0.1, 0.15) is 18.3 Å². The standard InChI is InChI=1S/C34H35Cl2N3O5S/c1-3-37-34(41)32(21-25-11-7-5-8-12-25)38(23-26-15-16-27(35)22-31(26)36)33(40)24-39(28-13-9-6-10-14-28)45(42,43)30-19-17-29(18-20-30)44-4-2/h5-20,22,32H,3-4,21,23-24H2,1-2H3,(H,37,41). The van der Waals surface area contributed by atoms with Crippen LogP contribution in [0.2, 0.25) is 10.0 Å². The average Bonchev–Trinajstić information content (AvgIpc) is 3.03. The van der Waals surface area contributed by atoms with Crippen molar-refractivity contribution in [3.8, 4) is 5.75 Å². The molecule has 45 heavy (non-hydrogen) atoms. The lowest BCUT2D eigenvalue weighted by atomic mass is 10.0. The van der Waals surface area contributed by atoms with Crippen LogP contribution in [-0.4, -0.2) is 50.9 Å². The molecule has 236 valence electrons. The molecule has 8 nitrogen and oxygen atoms in total. The molecule has 0 heterocycles. The number of nitrogens with zero attached hydrogens (tertiary/aromatic N) is 2. The van der Waals surface area contributed by atoms with Crippen molar-refractivity contribution >= 4 is 50.7 Å². The van der Waals surface area contributed by atoms with Crippen LogP contribution in [0.1, 0.15) is 25.0 Å². The number of amides is 2. The Labute approximate surface area is 274 Å². The predicted octanol–water partition coefficient (Wildman–Crippen LogP) is 6.36. The van der Waals surface area contributed by atoms with E-state index in [0.29, 0.717) is 40.2 Å². The molecule has 0 aliphatic rings. The fraction of sp³-hybridized carbons (Fsp3) is 0.235. The molecule has 0 bridgehead atoms. The largest absolute Gasteiger partial charge is 0.494 e. The summed E-state index contributed by atoms with van der Waals surface area (Å²) in [4.78, 5) is 29.4. The number of benzene rings is 4. The summed E-state index contributed by atoms with van der Waals surface area (Å²) in [5.74, 6) is -0.442. The number of ether oxygens (including phenoxy) is 1. The zero-order valence-corrected chi connectivity index (χ0v) is 27.4. The Hall–Kier alpha value is -4.05. The van der Waals surface area contributed by atoms with Crippen molar-refractivity contribution in [3.05, 3.63) is 124 Å². The van der Waals surface area contributed by atoms with Gasteiger partial charge in [-0.25, -0.2) is 8.42 Å². The van der Waals surface area contributed by atoms with E-state index in [9.17, 15) is 18.0 Å². The summed E-state index contributed by atoms with van der Waals surface area (Å²) in [6.45, 7) is 3.77. The number of nitrogens with one attached hydrogen (secondary N) is 1. The van der Waals surface area contributed by atoms with E-state index in [1.165, 1.54) is 17.0 Å². The van der Waals surface area contributed by atoms with Gasteiger partial charge < -0.3 is 15.0 Å². The second-order valence-corrected chi connectivity index (χ2v) is 12.8. The number of anilines is 1. The van der Waals surface area contributed by atoms with Crippen molar-refractivity contribution in [3.63, 3.8) is 0 Å². The lowest BCUT2D eigenvalue weighted by molar-refractivity contribution is -0.140. The van der Waals surface area contributed by atoms with Crippen molar-refractivity contribution < 1.29 is 22.7 Å². The van der Waals surface area contributed by atoms with Gasteiger partial charge in [-0.15, -0.1) is 0 Å². The summed E-state index contributed by atoms with van der Waals surface area (Å²) in [5, 5.41) is 3.57. The Morgan fingerprint density at radius 2 is 1.51 bits per heavy atom. The van der Waals surface area contributed by atoms with Gasteiger partial charge in [0.2, 0.25) is 11.8 Å². The molecular weight excluding hydrogens is 633 g/mol. The highest BCUT2D eigenvalue weighted by Gasteiger charge is 2.34. The number of hydrogen-bond donors (Lipinski definition) is 1. The van der Waals surface area contributed by atoms with Gasteiger partial charge in [-0.1, -0.05) is 77.8 Å². The van der Waals surface area contributed by atoms with Crippen molar-refractivity contribution in [2.24, 2.45) is 0 Å². The van der Waals surface area contributed by atoms with Crippen LogP contribution in [0.3, 0.4) is 0 Å². The molecule has 0 spiro atoms. The quantitative estimate of drug-likeness (QED) is 0.169. The number of rotatable bonds is 14. The molecule has 4 aromatic carbocycles. The molecular formula is C34H35Cl2N3O5S. The van der Waals surface area contributed by atoms with Crippen LogP contribution in [0.4, 0.5) is 5.69 Å². The summed E-state index contributed by atoms with van der Waals surface area (Å²) >= 11 is 12.7. The van der Waals surface area contributed by atoms with Gasteiger partial charge in [-0.2, -0.15) is 0 Å². The van der Waals surface area contributed by atoms with Crippen LogP contribution in [0, 0.1) is 0 Å². The van der Waals surface area contributed by atoms with Gasteiger partial charge in [0, 0.05) is 29.6 Å². The maximum atomic E-state index is 14.4. The number of carbonyl (C=O) groups excluding carboxylic acids is 2. The third-order valence-electron chi connectivity index (χ3n) is 7.02. The predicted molar refractivity (Wildman–Crippen MR) is 178 cm³/mol. The average molecular weight is 669 g/mol. The highest BCUT2D eigenvalue weighted by molar-refractivity contribution is 7.92. The Bertz CT molecular complexity index is 1690. The van der Waals surface area contributed by atoms with E-state index in [4.69, 9.17) is 27.9 Å². The van der Waals surface area contributed by atoms with Crippen LogP contribution < -0.4 is 14.4 Å². The maximum absolute atomic E-state index is 14.4. The number of hydrogen-bond acceptors (Lipinski definition) is 5. The SMILES string of the molecule is CCNC(=O)C(Cc1ccccc1)N(Cc1ccc(Cl)cc1Cl)C(=O)CN(c1ccccc1)S(=O)(=O)c1ccc(OCC)cc1. The van der Waals surface area contributed by atoms with Crippen molar-refractivity contribution in [1.82, 2.24) is 10.2 Å². The lowest BCUT2D eigenvalue weighted by Crippen LogP contribution is -2.53. The first-order chi connectivity index (χ1) is 21.6. The Morgan fingerprint density at radius 1 is 0.867 bits per heavy atom. The Balaban J connectivity index is 1.78. The molecule has 2 amide bonds. The fourth-order valence-corrected chi connectivity index (χ4v) is 6.69. The van der Waals surface area contributed by atoms with Gasteiger partial charge in [0.15, 0.2) is 0 Å². The molecule has 11 heteroatoms. The monoisotopic (exact) mass is 667 g/mol.